The molecule has 0 amide bonds. The van der Waals surface area contributed by atoms with Gasteiger partial charge in [0.05, 0.1) is 10.6 Å². The van der Waals surface area contributed by atoms with Gasteiger partial charge in [0.25, 0.3) is 0 Å². The predicted octanol–water partition coefficient (Wildman–Crippen LogP) is 5.17. The fraction of sp³-hybridized carbons (Fsp3) is 0.452. The van der Waals surface area contributed by atoms with E-state index in [4.69, 9.17) is 32.0 Å². The molecule has 8 rings (SSSR count). The Balaban J connectivity index is 1.28. The monoisotopic (exact) mass is 573 g/mol. The summed E-state index contributed by atoms with van der Waals surface area (Å²) >= 11 is 6.90. The van der Waals surface area contributed by atoms with E-state index in [0.29, 0.717) is 51.9 Å². The summed E-state index contributed by atoms with van der Waals surface area (Å²) in [5.41, 5.74) is 7.35. The van der Waals surface area contributed by atoms with Crippen LogP contribution in [0.25, 0.3) is 32.8 Å². The van der Waals surface area contributed by atoms with Gasteiger partial charge in [0.15, 0.2) is 5.82 Å². The highest BCUT2D eigenvalue weighted by molar-refractivity contribution is 6.35. The number of aromatic nitrogens is 3. The Labute approximate surface area is 243 Å². The first-order valence-corrected chi connectivity index (χ1v) is 15.1. The lowest BCUT2D eigenvalue weighted by molar-refractivity contribution is 0.108. The second-order valence-electron chi connectivity index (χ2n) is 12.1. The van der Waals surface area contributed by atoms with Crippen LogP contribution in [0.15, 0.2) is 36.5 Å². The number of fused-ring (bicyclic) bond motifs is 5. The van der Waals surface area contributed by atoms with Crippen LogP contribution in [0.5, 0.6) is 6.01 Å². The van der Waals surface area contributed by atoms with Crippen LogP contribution in [0.4, 0.5) is 16.0 Å². The Hall–Kier alpha value is -3.27. The van der Waals surface area contributed by atoms with E-state index in [1.165, 1.54) is 12.8 Å². The van der Waals surface area contributed by atoms with Crippen LogP contribution in [0.2, 0.25) is 5.02 Å². The molecule has 0 radical (unpaired) electrons. The molecule has 6 heterocycles. The lowest BCUT2D eigenvalue weighted by Crippen LogP contribution is -2.51. The summed E-state index contributed by atoms with van der Waals surface area (Å²) < 4.78 is 23.2. The van der Waals surface area contributed by atoms with Crippen LogP contribution in [0.3, 0.4) is 0 Å². The molecule has 0 aliphatic carbocycles. The molecule has 0 saturated carbocycles. The minimum Gasteiger partial charge on any atom is -0.461 e. The number of hydrogen-bond acceptors (Lipinski definition) is 8. The zero-order chi connectivity index (χ0) is 27.7. The van der Waals surface area contributed by atoms with Gasteiger partial charge < -0.3 is 20.7 Å². The molecule has 4 aromatic rings. The lowest BCUT2D eigenvalue weighted by atomic mass is 9.95. The van der Waals surface area contributed by atoms with Crippen molar-refractivity contribution in [2.75, 3.05) is 43.4 Å². The number of ether oxygens (including phenoxy) is 1. The number of rotatable bonds is 5. The molecule has 4 aliphatic rings. The Morgan fingerprint density at radius 1 is 1.05 bits per heavy atom. The summed E-state index contributed by atoms with van der Waals surface area (Å²) in [4.78, 5) is 18.7. The van der Waals surface area contributed by atoms with Crippen LogP contribution in [0.1, 0.15) is 38.5 Å². The second kappa shape index (κ2) is 9.64. The van der Waals surface area contributed by atoms with Gasteiger partial charge in [-0.25, -0.2) is 9.37 Å². The van der Waals surface area contributed by atoms with Crippen LogP contribution in [0, 0.1) is 5.82 Å². The molecule has 2 aromatic heterocycles. The molecule has 41 heavy (non-hydrogen) atoms. The lowest BCUT2D eigenvalue weighted by Gasteiger charge is -2.35. The van der Waals surface area contributed by atoms with Crippen molar-refractivity contribution >= 4 is 44.9 Å². The Kier molecular flexibility index (Phi) is 5.98. The third kappa shape index (κ3) is 4.12. The molecule has 4 saturated heterocycles. The first kappa shape index (κ1) is 25.4. The molecular weight excluding hydrogens is 541 g/mol. The van der Waals surface area contributed by atoms with Crippen LogP contribution in [-0.4, -0.2) is 70.3 Å². The SMILES string of the molecule is Nc1nccc2c(-c3c(Cl)cc4c(N5CC6CCC(C5)N6)nc(OCC56CCCN5CCC6)nc4c3F)cccc12. The standard InChI is InChI=1S/C31H33ClFN7O/c32-24-14-23-27(26(33)25(24)21-4-1-5-22-20(21)8-11-35-28(22)34)37-30(41-17-31-9-2-12-40(31)13-3-10-31)38-29(23)39-15-18-6-7-19(16-39)36-18/h1,4-5,8,11,14,18-19,36H,2-3,6-7,9-10,12-13,15-17H2,(H2,34,35). The molecule has 2 aromatic carbocycles. The molecule has 8 nitrogen and oxygen atoms in total. The van der Waals surface area contributed by atoms with E-state index in [9.17, 15) is 0 Å². The number of anilines is 2. The van der Waals surface area contributed by atoms with Gasteiger partial charge in [0.2, 0.25) is 0 Å². The van der Waals surface area contributed by atoms with Gasteiger partial charge in [-0.2, -0.15) is 9.97 Å². The summed E-state index contributed by atoms with van der Waals surface area (Å²) in [6.45, 7) is 4.34. The van der Waals surface area contributed by atoms with Gasteiger partial charge in [0.1, 0.15) is 23.8 Å². The van der Waals surface area contributed by atoms with Crippen molar-refractivity contribution in [3.05, 3.63) is 47.4 Å². The van der Waals surface area contributed by atoms with E-state index in [1.54, 1.807) is 6.20 Å². The first-order chi connectivity index (χ1) is 20.0. The summed E-state index contributed by atoms with van der Waals surface area (Å²) in [7, 11) is 0. The molecule has 3 N–H and O–H groups in total. The molecular formula is C31H33ClFN7O. The normalized spacial score (nSPS) is 23.5. The van der Waals surface area contributed by atoms with Crippen LogP contribution in [-0.2, 0) is 0 Å². The number of hydrogen-bond donors (Lipinski definition) is 2. The maximum atomic E-state index is 16.8. The minimum atomic E-state index is -0.483. The van der Waals surface area contributed by atoms with Crippen molar-refractivity contribution in [1.29, 1.82) is 0 Å². The molecule has 4 fully saturated rings. The maximum absolute atomic E-state index is 16.8. The first-order valence-electron chi connectivity index (χ1n) is 14.7. The third-order valence-corrected chi connectivity index (χ3v) is 10.0. The zero-order valence-electron chi connectivity index (χ0n) is 22.9. The average Bonchev–Trinajstić information content (AvgIpc) is 3.66. The van der Waals surface area contributed by atoms with Crippen molar-refractivity contribution in [2.24, 2.45) is 0 Å². The summed E-state index contributed by atoms with van der Waals surface area (Å²) in [6, 6.07) is 10.3. The Bertz CT molecular complexity index is 1660. The molecule has 0 spiro atoms. The molecule has 2 atom stereocenters. The average molecular weight is 574 g/mol. The molecule has 4 aliphatic heterocycles. The van der Waals surface area contributed by atoms with E-state index in [0.717, 1.165) is 62.6 Å². The van der Waals surface area contributed by atoms with Crippen molar-refractivity contribution in [3.63, 3.8) is 0 Å². The van der Waals surface area contributed by atoms with E-state index in [2.05, 4.69) is 20.1 Å². The molecule has 2 unspecified atom stereocenters. The van der Waals surface area contributed by atoms with Crippen molar-refractivity contribution < 1.29 is 9.13 Å². The number of nitrogens with two attached hydrogens (primary N) is 1. The molecule has 10 heteroatoms. The number of nitrogens with zero attached hydrogens (tertiary/aromatic N) is 5. The van der Waals surface area contributed by atoms with Crippen LogP contribution < -0.4 is 20.7 Å². The smallest absolute Gasteiger partial charge is 0.319 e. The highest BCUT2D eigenvalue weighted by Crippen LogP contribution is 2.43. The fourth-order valence-electron chi connectivity index (χ4n) is 7.79. The highest BCUT2D eigenvalue weighted by atomic mass is 35.5. The van der Waals surface area contributed by atoms with E-state index < -0.39 is 5.82 Å². The van der Waals surface area contributed by atoms with Crippen molar-refractivity contribution in [1.82, 2.24) is 25.2 Å². The molecule has 2 bridgehead atoms. The van der Waals surface area contributed by atoms with Gasteiger partial charge in [-0.3, -0.25) is 4.90 Å². The minimum absolute atomic E-state index is 0.0350. The fourth-order valence-corrected chi connectivity index (χ4v) is 8.08. The number of halogens is 2. The van der Waals surface area contributed by atoms with Gasteiger partial charge in [-0.05, 0) is 74.7 Å². The zero-order valence-corrected chi connectivity index (χ0v) is 23.6. The summed E-state index contributed by atoms with van der Waals surface area (Å²) in [5, 5.41) is 6.12. The van der Waals surface area contributed by atoms with E-state index >= 15 is 4.39 Å². The third-order valence-electron chi connectivity index (χ3n) is 9.75. The maximum Gasteiger partial charge on any atom is 0.319 e. The topological polar surface area (TPSA) is 92.4 Å². The van der Waals surface area contributed by atoms with Gasteiger partial charge >= 0.3 is 6.01 Å². The van der Waals surface area contributed by atoms with Crippen molar-refractivity contribution in [2.45, 2.75) is 56.1 Å². The summed E-state index contributed by atoms with van der Waals surface area (Å²) in [5.74, 6) is 0.598. The van der Waals surface area contributed by atoms with E-state index in [1.807, 2.05) is 30.3 Å². The number of nitrogens with one attached hydrogen (secondary N) is 1. The molecule has 212 valence electrons. The number of piperazine rings is 1. The number of pyridine rings is 1. The number of nitrogen functional groups attached to an aromatic ring is 1. The number of benzene rings is 2. The quantitative estimate of drug-likeness (QED) is 0.338. The van der Waals surface area contributed by atoms with Gasteiger partial charge in [-0.15, -0.1) is 0 Å². The van der Waals surface area contributed by atoms with Crippen molar-refractivity contribution in [3.8, 4) is 17.1 Å². The van der Waals surface area contributed by atoms with Crippen LogP contribution >= 0.6 is 11.6 Å². The largest absolute Gasteiger partial charge is 0.461 e. The summed E-state index contributed by atoms with van der Waals surface area (Å²) in [6.07, 6.45) is 8.47. The van der Waals surface area contributed by atoms with E-state index in [-0.39, 0.29) is 17.1 Å². The Morgan fingerprint density at radius 3 is 2.61 bits per heavy atom. The Morgan fingerprint density at radius 2 is 1.83 bits per heavy atom. The van der Waals surface area contributed by atoms with Gasteiger partial charge in [0, 0.05) is 47.7 Å². The van der Waals surface area contributed by atoms with Gasteiger partial charge in [-0.1, -0.05) is 29.8 Å². The second-order valence-corrected chi connectivity index (χ2v) is 12.5. The predicted molar refractivity (Wildman–Crippen MR) is 160 cm³/mol. The highest BCUT2D eigenvalue weighted by Gasteiger charge is 2.45.